The van der Waals surface area contributed by atoms with E-state index in [0.717, 1.165) is 26.2 Å². The zero-order valence-corrected chi connectivity index (χ0v) is 7.99. The van der Waals surface area contributed by atoms with Gasteiger partial charge in [0.25, 0.3) is 0 Å². The van der Waals surface area contributed by atoms with Gasteiger partial charge in [0, 0.05) is 37.8 Å². The van der Waals surface area contributed by atoms with Crippen molar-refractivity contribution in [2.75, 3.05) is 26.2 Å². The summed E-state index contributed by atoms with van der Waals surface area (Å²) in [4.78, 5) is 2.47. The number of nitrogens with zero attached hydrogens (tertiary/aromatic N) is 1. The standard InChI is InChI=1S/C10H16N2O/c1-9(10-2-7-13-8-10)12-5-3-11-4-6-12/h2,7-9,11H,3-6H2,1H3/t9-/m1/s1. The Morgan fingerprint density at radius 3 is 2.85 bits per heavy atom. The van der Waals surface area contributed by atoms with E-state index < -0.39 is 0 Å². The van der Waals surface area contributed by atoms with Gasteiger partial charge in [-0.25, -0.2) is 0 Å². The van der Waals surface area contributed by atoms with Gasteiger partial charge >= 0.3 is 0 Å². The molecular weight excluding hydrogens is 164 g/mol. The zero-order valence-electron chi connectivity index (χ0n) is 7.99. The predicted molar refractivity (Wildman–Crippen MR) is 51.6 cm³/mol. The van der Waals surface area contributed by atoms with Crippen molar-refractivity contribution in [3.8, 4) is 0 Å². The highest BCUT2D eigenvalue weighted by Crippen LogP contribution is 2.20. The molecule has 0 aromatic carbocycles. The lowest BCUT2D eigenvalue weighted by Gasteiger charge is -2.32. The smallest absolute Gasteiger partial charge is 0.0950 e. The molecule has 3 nitrogen and oxygen atoms in total. The lowest BCUT2D eigenvalue weighted by Crippen LogP contribution is -2.44. The van der Waals surface area contributed by atoms with Gasteiger partial charge in [-0.3, -0.25) is 4.90 Å². The third kappa shape index (κ3) is 1.92. The molecule has 1 aromatic heterocycles. The van der Waals surface area contributed by atoms with Crippen molar-refractivity contribution in [2.24, 2.45) is 0 Å². The van der Waals surface area contributed by atoms with E-state index in [1.165, 1.54) is 5.56 Å². The normalized spacial score (nSPS) is 21.6. The van der Waals surface area contributed by atoms with E-state index in [1.807, 2.05) is 12.3 Å². The minimum Gasteiger partial charge on any atom is -0.472 e. The first-order chi connectivity index (χ1) is 6.38. The third-order valence-electron chi connectivity index (χ3n) is 2.72. The van der Waals surface area contributed by atoms with Crippen LogP contribution >= 0.6 is 0 Å². The van der Waals surface area contributed by atoms with Gasteiger partial charge in [0.15, 0.2) is 0 Å². The van der Waals surface area contributed by atoms with Gasteiger partial charge < -0.3 is 9.73 Å². The van der Waals surface area contributed by atoms with Gasteiger partial charge in [0.05, 0.1) is 12.5 Å². The topological polar surface area (TPSA) is 28.4 Å². The molecule has 1 fully saturated rings. The number of hydrogen-bond donors (Lipinski definition) is 1. The fourth-order valence-corrected chi connectivity index (χ4v) is 1.79. The summed E-state index contributed by atoms with van der Waals surface area (Å²) in [6.45, 7) is 6.69. The summed E-state index contributed by atoms with van der Waals surface area (Å²) in [5, 5.41) is 3.35. The molecule has 3 heteroatoms. The molecule has 1 atom stereocenters. The van der Waals surface area contributed by atoms with Crippen molar-refractivity contribution in [2.45, 2.75) is 13.0 Å². The third-order valence-corrected chi connectivity index (χ3v) is 2.72. The summed E-state index contributed by atoms with van der Waals surface area (Å²) in [5.74, 6) is 0. The zero-order chi connectivity index (χ0) is 9.10. The molecular formula is C10H16N2O. The Kier molecular flexibility index (Phi) is 2.66. The highest BCUT2D eigenvalue weighted by atomic mass is 16.3. The van der Waals surface area contributed by atoms with Crippen molar-refractivity contribution in [3.05, 3.63) is 24.2 Å². The molecule has 0 spiro atoms. The maximum Gasteiger partial charge on any atom is 0.0950 e. The average molecular weight is 180 g/mol. The Balaban J connectivity index is 1.99. The summed E-state index contributed by atoms with van der Waals surface area (Å²) in [7, 11) is 0. The second kappa shape index (κ2) is 3.94. The Morgan fingerprint density at radius 2 is 2.23 bits per heavy atom. The second-order valence-corrected chi connectivity index (χ2v) is 3.52. The second-order valence-electron chi connectivity index (χ2n) is 3.52. The molecule has 0 radical (unpaired) electrons. The maximum absolute atomic E-state index is 5.08. The van der Waals surface area contributed by atoms with E-state index in [0.29, 0.717) is 6.04 Å². The Labute approximate surface area is 78.7 Å². The van der Waals surface area contributed by atoms with Crippen LogP contribution in [0.3, 0.4) is 0 Å². The van der Waals surface area contributed by atoms with Gasteiger partial charge in [0.1, 0.15) is 0 Å². The number of rotatable bonds is 2. The molecule has 1 aliphatic heterocycles. The molecule has 1 aromatic rings. The van der Waals surface area contributed by atoms with Gasteiger partial charge in [-0.2, -0.15) is 0 Å². The average Bonchev–Trinajstić information content (AvgIpc) is 2.71. The van der Waals surface area contributed by atoms with Crippen LogP contribution in [0.15, 0.2) is 23.0 Å². The summed E-state index contributed by atoms with van der Waals surface area (Å²) in [5.41, 5.74) is 1.28. The van der Waals surface area contributed by atoms with Crippen LogP contribution in [-0.4, -0.2) is 31.1 Å². The molecule has 1 aliphatic rings. The van der Waals surface area contributed by atoms with Gasteiger partial charge in [-0.1, -0.05) is 0 Å². The van der Waals surface area contributed by atoms with E-state index in [1.54, 1.807) is 6.26 Å². The Hall–Kier alpha value is -0.800. The highest BCUT2D eigenvalue weighted by molar-refractivity contribution is 5.10. The van der Waals surface area contributed by atoms with Crippen molar-refractivity contribution in [3.63, 3.8) is 0 Å². The van der Waals surface area contributed by atoms with Crippen molar-refractivity contribution in [1.29, 1.82) is 0 Å². The first kappa shape index (κ1) is 8.78. The van der Waals surface area contributed by atoms with Crippen LogP contribution in [-0.2, 0) is 0 Å². The molecule has 2 heterocycles. The number of piperazine rings is 1. The molecule has 0 saturated carbocycles. The van der Waals surface area contributed by atoms with Gasteiger partial charge in [-0.05, 0) is 13.0 Å². The monoisotopic (exact) mass is 180 g/mol. The first-order valence-electron chi connectivity index (χ1n) is 4.85. The van der Waals surface area contributed by atoms with Crippen molar-refractivity contribution < 1.29 is 4.42 Å². The molecule has 1 saturated heterocycles. The fourth-order valence-electron chi connectivity index (χ4n) is 1.79. The van der Waals surface area contributed by atoms with E-state index >= 15 is 0 Å². The number of hydrogen-bond acceptors (Lipinski definition) is 3. The van der Waals surface area contributed by atoms with E-state index in [2.05, 4.69) is 17.1 Å². The van der Waals surface area contributed by atoms with Crippen LogP contribution in [0.25, 0.3) is 0 Å². The lowest BCUT2D eigenvalue weighted by molar-refractivity contribution is 0.185. The Bertz CT molecular complexity index is 239. The summed E-state index contributed by atoms with van der Waals surface area (Å²) < 4.78 is 5.08. The summed E-state index contributed by atoms with van der Waals surface area (Å²) in [6, 6.07) is 2.54. The molecule has 72 valence electrons. The van der Waals surface area contributed by atoms with Crippen LogP contribution in [0.4, 0.5) is 0 Å². The summed E-state index contributed by atoms with van der Waals surface area (Å²) >= 11 is 0. The molecule has 13 heavy (non-hydrogen) atoms. The predicted octanol–water partition coefficient (Wildman–Crippen LogP) is 1.25. The van der Waals surface area contributed by atoms with Crippen LogP contribution in [0.5, 0.6) is 0 Å². The number of nitrogens with one attached hydrogen (secondary N) is 1. The van der Waals surface area contributed by atoms with Crippen LogP contribution in [0.1, 0.15) is 18.5 Å². The minimum absolute atomic E-state index is 0.487. The van der Waals surface area contributed by atoms with Crippen LogP contribution in [0, 0.1) is 0 Å². The molecule has 0 amide bonds. The largest absolute Gasteiger partial charge is 0.472 e. The lowest BCUT2D eigenvalue weighted by atomic mass is 10.1. The van der Waals surface area contributed by atoms with Crippen molar-refractivity contribution >= 4 is 0 Å². The molecule has 2 rings (SSSR count). The van der Waals surface area contributed by atoms with Crippen LogP contribution in [0.2, 0.25) is 0 Å². The van der Waals surface area contributed by atoms with Gasteiger partial charge in [0.2, 0.25) is 0 Å². The quantitative estimate of drug-likeness (QED) is 0.742. The maximum atomic E-state index is 5.08. The van der Waals surface area contributed by atoms with E-state index in [-0.39, 0.29) is 0 Å². The highest BCUT2D eigenvalue weighted by Gasteiger charge is 2.18. The molecule has 1 N–H and O–H groups in total. The summed E-state index contributed by atoms with van der Waals surface area (Å²) in [6.07, 6.45) is 3.58. The van der Waals surface area contributed by atoms with Gasteiger partial charge in [-0.15, -0.1) is 0 Å². The first-order valence-corrected chi connectivity index (χ1v) is 4.85. The molecule has 0 bridgehead atoms. The fraction of sp³-hybridized carbons (Fsp3) is 0.600. The minimum atomic E-state index is 0.487. The Morgan fingerprint density at radius 1 is 1.46 bits per heavy atom. The van der Waals surface area contributed by atoms with Crippen LogP contribution < -0.4 is 5.32 Å². The van der Waals surface area contributed by atoms with Crippen molar-refractivity contribution in [1.82, 2.24) is 10.2 Å². The van der Waals surface area contributed by atoms with E-state index in [4.69, 9.17) is 4.42 Å². The SMILES string of the molecule is C[C@H](c1ccoc1)N1CCNCC1. The molecule has 0 aliphatic carbocycles. The van der Waals surface area contributed by atoms with E-state index in [9.17, 15) is 0 Å². The number of furan rings is 1. The molecule has 0 unspecified atom stereocenters.